The van der Waals surface area contributed by atoms with Gasteiger partial charge in [0.2, 0.25) is 0 Å². The Morgan fingerprint density at radius 1 is 1.16 bits per heavy atom. The number of aliphatic carboxylic acids is 1. The summed E-state index contributed by atoms with van der Waals surface area (Å²) < 4.78 is 13.8. The van der Waals surface area contributed by atoms with Crippen LogP contribution >= 0.6 is 23.2 Å². The van der Waals surface area contributed by atoms with Gasteiger partial charge in [-0.15, -0.1) is 0 Å². The number of carbonyl (C=O) groups is 1. The second kappa shape index (κ2) is 7.73. The van der Waals surface area contributed by atoms with E-state index in [-0.39, 0.29) is 17.8 Å². The summed E-state index contributed by atoms with van der Waals surface area (Å²) in [7, 11) is 0. The second-order valence-electron chi connectivity index (χ2n) is 6.27. The smallest absolute Gasteiger partial charge is 0.306 e. The number of halogens is 3. The van der Waals surface area contributed by atoms with Crippen molar-refractivity contribution in [2.75, 3.05) is 13.1 Å². The highest BCUT2D eigenvalue weighted by Crippen LogP contribution is 2.37. The van der Waals surface area contributed by atoms with Gasteiger partial charge in [0.25, 0.3) is 0 Å². The van der Waals surface area contributed by atoms with Crippen LogP contribution in [0.15, 0.2) is 42.5 Å². The summed E-state index contributed by atoms with van der Waals surface area (Å²) in [5, 5.41) is 10.3. The molecule has 1 atom stereocenters. The van der Waals surface area contributed by atoms with Gasteiger partial charge < -0.3 is 5.11 Å². The van der Waals surface area contributed by atoms with Gasteiger partial charge in [-0.3, -0.25) is 9.69 Å². The quantitative estimate of drug-likeness (QED) is 0.808. The van der Waals surface area contributed by atoms with E-state index >= 15 is 0 Å². The summed E-state index contributed by atoms with van der Waals surface area (Å²) in [6.45, 7) is 1.22. The first kappa shape index (κ1) is 18.2. The zero-order chi connectivity index (χ0) is 18.0. The maximum Gasteiger partial charge on any atom is 0.306 e. The van der Waals surface area contributed by atoms with Crippen molar-refractivity contribution in [3.8, 4) is 0 Å². The summed E-state index contributed by atoms with van der Waals surface area (Å²) in [5.74, 6) is -1.40. The lowest BCUT2D eigenvalue weighted by Crippen LogP contribution is -2.39. The van der Waals surface area contributed by atoms with Crippen LogP contribution in [0.25, 0.3) is 0 Å². The Bertz CT molecular complexity index is 776. The zero-order valence-electron chi connectivity index (χ0n) is 13.5. The van der Waals surface area contributed by atoms with Crippen molar-refractivity contribution in [2.45, 2.75) is 18.9 Å². The highest BCUT2D eigenvalue weighted by Gasteiger charge is 2.31. The average molecular weight is 382 g/mol. The molecule has 6 heteroatoms. The van der Waals surface area contributed by atoms with Crippen LogP contribution in [0.5, 0.6) is 0 Å². The third kappa shape index (κ3) is 4.14. The minimum Gasteiger partial charge on any atom is -0.481 e. The first-order chi connectivity index (χ1) is 12.0. The first-order valence-electron chi connectivity index (χ1n) is 8.13. The van der Waals surface area contributed by atoms with Crippen LogP contribution in [0.4, 0.5) is 4.39 Å². The standard InChI is InChI=1S/C19H18Cl2FNO2/c20-14-4-5-16(17(21)11-14)18(13-2-1-3-15(22)10-13)23-8-6-12(7-9-23)19(24)25/h1-5,10-12,18H,6-9H2,(H,24,25). The molecular weight excluding hydrogens is 364 g/mol. The molecule has 0 amide bonds. The lowest BCUT2D eigenvalue weighted by molar-refractivity contribution is -0.143. The zero-order valence-corrected chi connectivity index (χ0v) is 15.0. The van der Waals surface area contributed by atoms with Gasteiger partial charge in [0.15, 0.2) is 0 Å². The lowest BCUT2D eigenvalue weighted by atomic mass is 9.91. The van der Waals surface area contributed by atoms with E-state index in [2.05, 4.69) is 4.90 Å². The molecule has 0 saturated carbocycles. The molecule has 1 aliphatic heterocycles. The van der Waals surface area contributed by atoms with Gasteiger partial charge in [0.1, 0.15) is 5.82 Å². The third-order valence-electron chi connectivity index (χ3n) is 4.67. The largest absolute Gasteiger partial charge is 0.481 e. The molecule has 1 unspecified atom stereocenters. The van der Waals surface area contributed by atoms with Crippen molar-refractivity contribution in [2.24, 2.45) is 5.92 Å². The van der Waals surface area contributed by atoms with Crippen LogP contribution in [-0.4, -0.2) is 29.1 Å². The van der Waals surface area contributed by atoms with E-state index in [0.29, 0.717) is 36.0 Å². The van der Waals surface area contributed by atoms with Crippen LogP contribution < -0.4 is 0 Å². The number of nitrogens with zero attached hydrogens (tertiary/aromatic N) is 1. The van der Waals surface area contributed by atoms with Crippen LogP contribution in [0.2, 0.25) is 10.0 Å². The monoisotopic (exact) mass is 381 g/mol. The molecule has 25 heavy (non-hydrogen) atoms. The molecule has 0 bridgehead atoms. The molecule has 1 aliphatic rings. The predicted octanol–water partition coefficient (Wildman–Crippen LogP) is 5.02. The van der Waals surface area contributed by atoms with E-state index in [0.717, 1.165) is 11.1 Å². The van der Waals surface area contributed by atoms with E-state index in [4.69, 9.17) is 23.2 Å². The minimum absolute atomic E-state index is 0.241. The van der Waals surface area contributed by atoms with Gasteiger partial charge in [-0.05, 0) is 61.3 Å². The molecule has 2 aromatic rings. The molecule has 0 spiro atoms. The highest BCUT2D eigenvalue weighted by atomic mass is 35.5. The Balaban J connectivity index is 1.97. The van der Waals surface area contributed by atoms with Crippen molar-refractivity contribution < 1.29 is 14.3 Å². The number of hydrogen-bond donors (Lipinski definition) is 1. The van der Waals surface area contributed by atoms with Crippen LogP contribution in [-0.2, 0) is 4.79 Å². The van der Waals surface area contributed by atoms with Gasteiger partial charge >= 0.3 is 5.97 Å². The molecular formula is C19H18Cl2FNO2. The molecule has 1 fully saturated rings. The van der Waals surface area contributed by atoms with Crippen molar-refractivity contribution in [3.63, 3.8) is 0 Å². The Morgan fingerprint density at radius 2 is 1.88 bits per heavy atom. The number of benzene rings is 2. The van der Waals surface area contributed by atoms with E-state index < -0.39 is 5.97 Å². The van der Waals surface area contributed by atoms with Gasteiger partial charge in [0, 0.05) is 10.0 Å². The summed E-state index contributed by atoms with van der Waals surface area (Å²) in [5.41, 5.74) is 1.63. The third-order valence-corrected chi connectivity index (χ3v) is 5.23. The number of carboxylic acid groups (broad SMARTS) is 1. The Hall–Kier alpha value is -1.62. The van der Waals surface area contributed by atoms with E-state index in [1.807, 2.05) is 12.1 Å². The molecule has 3 rings (SSSR count). The normalized spacial score (nSPS) is 17.4. The summed E-state index contributed by atoms with van der Waals surface area (Å²) >= 11 is 12.4. The maximum absolute atomic E-state index is 13.8. The second-order valence-corrected chi connectivity index (χ2v) is 7.12. The van der Waals surface area contributed by atoms with E-state index in [1.165, 1.54) is 12.1 Å². The lowest BCUT2D eigenvalue weighted by Gasteiger charge is -2.37. The molecule has 132 valence electrons. The number of likely N-dealkylation sites (tertiary alicyclic amines) is 1. The molecule has 1 heterocycles. The topological polar surface area (TPSA) is 40.5 Å². The SMILES string of the molecule is O=C(O)C1CCN(C(c2cccc(F)c2)c2ccc(Cl)cc2Cl)CC1. The van der Waals surface area contributed by atoms with E-state index in [9.17, 15) is 14.3 Å². The first-order valence-corrected chi connectivity index (χ1v) is 8.88. The fourth-order valence-electron chi connectivity index (χ4n) is 3.39. The van der Waals surface area contributed by atoms with Crippen molar-refractivity contribution in [3.05, 3.63) is 69.5 Å². The van der Waals surface area contributed by atoms with Crippen LogP contribution in [0.3, 0.4) is 0 Å². The Morgan fingerprint density at radius 3 is 2.48 bits per heavy atom. The number of rotatable bonds is 4. The Kier molecular flexibility index (Phi) is 5.62. The van der Waals surface area contributed by atoms with Gasteiger partial charge in [-0.2, -0.15) is 0 Å². The van der Waals surface area contributed by atoms with Crippen LogP contribution in [0.1, 0.15) is 30.0 Å². The molecule has 0 aromatic heterocycles. The molecule has 2 aromatic carbocycles. The van der Waals surface area contributed by atoms with Crippen molar-refractivity contribution in [1.82, 2.24) is 4.90 Å². The Labute approximate surface area is 156 Å². The van der Waals surface area contributed by atoms with Crippen molar-refractivity contribution in [1.29, 1.82) is 0 Å². The van der Waals surface area contributed by atoms with Crippen molar-refractivity contribution >= 4 is 29.2 Å². The summed E-state index contributed by atoms with van der Waals surface area (Å²) in [4.78, 5) is 13.4. The molecule has 3 nitrogen and oxygen atoms in total. The fraction of sp³-hybridized carbons (Fsp3) is 0.316. The number of piperidine rings is 1. The molecule has 0 radical (unpaired) electrons. The van der Waals surface area contributed by atoms with E-state index in [1.54, 1.807) is 18.2 Å². The number of hydrogen-bond acceptors (Lipinski definition) is 2. The molecule has 1 saturated heterocycles. The molecule has 1 N–H and O–H groups in total. The summed E-state index contributed by atoms with van der Waals surface area (Å²) in [6, 6.07) is 11.5. The van der Waals surface area contributed by atoms with Crippen LogP contribution in [0, 0.1) is 11.7 Å². The maximum atomic E-state index is 13.8. The summed E-state index contributed by atoms with van der Waals surface area (Å²) in [6.07, 6.45) is 1.12. The van der Waals surface area contributed by atoms with Gasteiger partial charge in [-0.1, -0.05) is 41.4 Å². The fourth-order valence-corrected chi connectivity index (χ4v) is 3.90. The average Bonchev–Trinajstić information content (AvgIpc) is 2.58. The highest BCUT2D eigenvalue weighted by molar-refractivity contribution is 6.35. The van der Waals surface area contributed by atoms with Gasteiger partial charge in [0.05, 0.1) is 12.0 Å². The molecule has 0 aliphatic carbocycles. The minimum atomic E-state index is -0.758. The predicted molar refractivity (Wildman–Crippen MR) is 96.6 cm³/mol. The number of carboxylic acids is 1. The van der Waals surface area contributed by atoms with Gasteiger partial charge in [-0.25, -0.2) is 4.39 Å².